The van der Waals surface area contributed by atoms with Gasteiger partial charge in [-0.05, 0) is 38.0 Å². The van der Waals surface area contributed by atoms with E-state index in [0.29, 0.717) is 17.7 Å². The zero-order valence-electron chi connectivity index (χ0n) is 11.5. The molecule has 1 unspecified atom stereocenters. The molecule has 0 bridgehead atoms. The molecule has 0 aliphatic carbocycles. The van der Waals surface area contributed by atoms with E-state index in [0.717, 1.165) is 5.56 Å². The molecule has 1 atom stereocenters. The molecule has 104 valence electrons. The van der Waals surface area contributed by atoms with Crippen molar-refractivity contribution in [3.63, 3.8) is 0 Å². The monoisotopic (exact) mass is 264 g/mol. The van der Waals surface area contributed by atoms with E-state index in [1.807, 2.05) is 6.92 Å². The van der Waals surface area contributed by atoms with Crippen LogP contribution in [0.15, 0.2) is 18.2 Å². The summed E-state index contributed by atoms with van der Waals surface area (Å²) in [5.74, 6) is -1.23. The Kier molecular flexibility index (Phi) is 4.53. The second-order valence-corrected chi connectivity index (χ2v) is 4.97. The zero-order valence-corrected chi connectivity index (χ0v) is 11.5. The highest BCUT2D eigenvalue weighted by Gasteiger charge is 2.31. The van der Waals surface area contributed by atoms with Gasteiger partial charge in [0.2, 0.25) is 0 Å². The van der Waals surface area contributed by atoms with Gasteiger partial charge in [0.05, 0.1) is 5.41 Å². The molecule has 1 rings (SSSR count). The number of amides is 1. The number of anilines is 1. The Morgan fingerprint density at radius 3 is 2.53 bits per heavy atom. The summed E-state index contributed by atoms with van der Waals surface area (Å²) >= 11 is 0. The van der Waals surface area contributed by atoms with Crippen LogP contribution in [0.3, 0.4) is 0 Å². The van der Waals surface area contributed by atoms with Crippen molar-refractivity contribution in [1.82, 2.24) is 5.32 Å². The fourth-order valence-electron chi connectivity index (χ4n) is 1.51. The molecule has 1 aromatic rings. The maximum Gasteiger partial charge on any atom is 0.311 e. The van der Waals surface area contributed by atoms with Gasteiger partial charge in [0.25, 0.3) is 5.91 Å². The highest BCUT2D eigenvalue weighted by atomic mass is 16.4. The number of aliphatic carboxylic acids is 1. The number of carboxylic acid groups (broad SMARTS) is 1. The number of hydrogen-bond donors (Lipinski definition) is 3. The first-order valence-corrected chi connectivity index (χ1v) is 6.18. The summed E-state index contributed by atoms with van der Waals surface area (Å²) in [4.78, 5) is 23.1. The zero-order chi connectivity index (χ0) is 14.6. The summed E-state index contributed by atoms with van der Waals surface area (Å²) in [5, 5.41) is 11.8. The first kappa shape index (κ1) is 15.0. The van der Waals surface area contributed by atoms with Gasteiger partial charge >= 0.3 is 5.97 Å². The fraction of sp³-hybridized carbons (Fsp3) is 0.429. The van der Waals surface area contributed by atoms with Gasteiger partial charge < -0.3 is 16.2 Å². The largest absolute Gasteiger partial charge is 0.481 e. The molecule has 0 aromatic heterocycles. The number of nitrogens with two attached hydrogens (primary N) is 1. The number of aryl methyl sites for hydroxylation is 1. The first-order valence-electron chi connectivity index (χ1n) is 6.18. The lowest BCUT2D eigenvalue weighted by molar-refractivity contribution is -0.147. The Hall–Kier alpha value is -2.04. The minimum atomic E-state index is -0.952. The van der Waals surface area contributed by atoms with Gasteiger partial charge in [-0.1, -0.05) is 13.0 Å². The Morgan fingerprint density at radius 2 is 2.05 bits per heavy atom. The Labute approximate surface area is 112 Å². The molecule has 5 heteroatoms. The van der Waals surface area contributed by atoms with Crippen molar-refractivity contribution < 1.29 is 14.7 Å². The van der Waals surface area contributed by atoms with Crippen LogP contribution in [0.4, 0.5) is 5.69 Å². The van der Waals surface area contributed by atoms with E-state index in [2.05, 4.69) is 5.32 Å². The minimum absolute atomic E-state index is 0.0887. The number of hydrogen-bond acceptors (Lipinski definition) is 3. The van der Waals surface area contributed by atoms with E-state index in [-0.39, 0.29) is 12.5 Å². The third-order valence-corrected chi connectivity index (χ3v) is 3.48. The van der Waals surface area contributed by atoms with Gasteiger partial charge in [0.1, 0.15) is 0 Å². The first-order chi connectivity index (χ1) is 8.80. The number of rotatable bonds is 5. The van der Waals surface area contributed by atoms with Gasteiger partial charge in [-0.15, -0.1) is 0 Å². The molecule has 0 spiro atoms. The summed E-state index contributed by atoms with van der Waals surface area (Å²) in [6, 6.07) is 5.03. The van der Waals surface area contributed by atoms with Crippen LogP contribution in [0, 0.1) is 12.3 Å². The lowest BCUT2D eigenvalue weighted by Crippen LogP contribution is -2.40. The molecule has 1 amide bonds. The quantitative estimate of drug-likeness (QED) is 0.707. The summed E-state index contributed by atoms with van der Waals surface area (Å²) < 4.78 is 0. The van der Waals surface area contributed by atoms with E-state index < -0.39 is 11.4 Å². The molecular weight excluding hydrogens is 244 g/mol. The molecule has 19 heavy (non-hydrogen) atoms. The second kappa shape index (κ2) is 5.73. The number of nitrogen functional groups attached to an aromatic ring is 1. The highest BCUT2D eigenvalue weighted by Crippen LogP contribution is 2.20. The molecular formula is C14H20N2O3. The summed E-state index contributed by atoms with van der Waals surface area (Å²) in [6.45, 7) is 5.34. The number of carboxylic acids is 1. The van der Waals surface area contributed by atoms with E-state index in [1.165, 1.54) is 0 Å². The number of carbonyl (C=O) groups is 2. The van der Waals surface area contributed by atoms with Crippen molar-refractivity contribution in [2.24, 2.45) is 5.41 Å². The molecule has 5 nitrogen and oxygen atoms in total. The number of benzene rings is 1. The summed E-state index contributed by atoms with van der Waals surface area (Å²) in [5.41, 5.74) is 6.67. The highest BCUT2D eigenvalue weighted by molar-refractivity contribution is 5.95. The van der Waals surface area contributed by atoms with Gasteiger partial charge in [-0.25, -0.2) is 0 Å². The van der Waals surface area contributed by atoms with Crippen molar-refractivity contribution in [2.45, 2.75) is 27.2 Å². The van der Waals surface area contributed by atoms with E-state index >= 15 is 0 Å². The van der Waals surface area contributed by atoms with Crippen LogP contribution < -0.4 is 11.1 Å². The van der Waals surface area contributed by atoms with E-state index in [4.69, 9.17) is 10.8 Å². The molecule has 0 fully saturated rings. The van der Waals surface area contributed by atoms with Crippen LogP contribution in [0.2, 0.25) is 0 Å². The lowest BCUT2D eigenvalue weighted by atomic mass is 9.87. The average molecular weight is 264 g/mol. The third kappa shape index (κ3) is 3.47. The smallest absolute Gasteiger partial charge is 0.311 e. The lowest BCUT2D eigenvalue weighted by Gasteiger charge is -2.23. The molecule has 4 N–H and O–H groups in total. The molecule has 0 saturated carbocycles. The van der Waals surface area contributed by atoms with Gasteiger partial charge in [-0.2, -0.15) is 0 Å². The minimum Gasteiger partial charge on any atom is -0.481 e. The maximum absolute atomic E-state index is 11.9. The van der Waals surface area contributed by atoms with Crippen LogP contribution in [-0.2, 0) is 4.79 Å². The van der Waals surface area contributed by atoms with Crippen molar-refractivity contribution in [3.8, 4) is 0 Å². The second-order valence-electron chi connectivity index (χ2n) is 4.97. The van der Waals surface area contributed by atoms with Crippen molar-refractivity contribution in [1.29, 1.82) is 0 Å². The number of nitrogens with one attached hydrogen (secondary N) is 1. The van der Waals surface area contributed by atoms with Gasteiger partial charge in [0, 0.05) is 17.8 Å². The van der Waals surface area contributed by atoms with Crippen molar-refractivity contribution in [2.75, 3.05) is 12.3 Å². The molecule has 0 radical (unpaired) electrons. The van der Waals surface area contributed by atoms with E-state index in [9.17, 15) is 9.59 Å². The normalized spacial score (nSPS) is 13.6. The van der Waals surface area contributed by atoms with Crippen LogP contribution in [0.5, 0.6) is 0 Å². The molecule has 0 heterocycles. The molecule has 1 aromatic carbocycles. The Balaban J connectivity index is 2.75. The summed E-state index contributed by atoms with van der Waals surface area (Å²) in [6.07, 6.45) is 0.443. The SMILES string of the molecule is CCC(C)(CNC(=O)c1ccc(C)c(N)c1)C(=O)O. The van der Waals surface area contributed by atoms with Crippen molar-refractivity contribution in [3.05, 3.63) is 29.3 Å². The Bertz CT molecular complexity index is 499. The average Bonchev–Trinajstić information content (AvgIpc) is 2.38. The van der Waals surface area contributed by atoms with Crippen LogP contribution in [0.1, 0.15) is 36.2 Å². The predicted octanol–water partition coefficient (Wildman–Crippen LogP) is 1.81. The standard InChI is InChI=1S/C14H20N2O3/c1-4-14(3,13(18)19)8-16-12(17)10-6-5-9(2)11(15)7-10/h5-7H,4,8,15H2,1-3H3,(H,16,17)(H,18,19). The van der Waals surface area contributed by atoms with Crippen LogP contribution in [0.25, 0.3) is 0 Å². The molecule has 0 saturated heterocycles. The van der Waals surface area contributed by atoms with E-state index in [1.54, 1.807) is 32.0 Å². The van der Waals surface area contributed by atoms with Crippen molar-refractivity contribution >= 4 is 17.6 Å². The topological polar surface area (TPSA) is 92.4 Å². The predicted molar refractivity (Wildman–Crippen MR) is 74.0 cm³/mol. The Morgan fingerprint density at radius 1 is 1.42 bits per heavy atom. The molecule has 0 aliphatic rings. The third-order valence-electron chi connectivity index (χ3n) is 3.48. The molecule has 0 aliphatic heterocycles. The maximum atomic E-state index is 11.9. The summed E-state index contributed by atoms with van der Waals surface area (Å²) in [7, 11) is 0. The van der Waals surface area contributed by atoms with Gasteiger partial charge in [-0.3, -0.25) is 9.59 Å². The van der Waals surface area contributed by atoms with Crippen LogP contribution in [-0.4, -0.2) is 23.5 Å². The fourth-order valence-corrected chi connectivity index (χ4v) is 1.51. The van der Waals surface area contributed by atoms with Crippen LogP contribution >= 0.6 is 0 Å². The van der Waals surface area contributed by atoms with Gasteiger partial charge in [0.15, 0.2) is 0 Å². The number of carbonyl (C=O) groups excluding carboxylic acids is 1.